The van der Waals surface area contributed by atoms with Crippen molar-refractivity contribution >= 4 is 29.0 Å². The van der Waals surface area contributed by atoms with E-state index in [1.165, 1.54) is 4.90 Å². The Morgan fingerprint density at radius 3 is 2.22 bits per heavy atom. The molecule has 4 aromatic heterocycles. The van der Waals surface area contributed by atoms with Crippen molar-refractivity contribution in [2.75, 3.05) is 87.7 Å². The largest absolute Gasteiger partial charge is 0.507 e. The van der Waals surface area contributed by atoms with Crippen molar-refractivity contribution in [3.8, 4) is 34.5 Å². The molecule has 0 spiro atoms. The van der Waals surface area contributed by atoms with Crippen molar-refractivity contribution < 1.29 is 33.8 Å². The molecule has 74 heavy (non-hydrogen) atoms. The Kier molecular flexibility index (Phi) is 15.0. The molecule has 4 saturated heterocycles. The Hall–Kier alpha value is -7.29. The summed E-state index contributed by atoms with van der Waals surface area (Å²) in [5.74, 6) is 1.15. The highest BCUT2D eigenvalue weighted by Crippen LogP contribution is 2.40. The predicted molar refractivity (Wildman–Crippen MR) is 278 cm³/mol. The zero-order valence-corrected chi connectivity index (χ0v) is 42.5. The number of aromatic nitrogens is 6. The maximum absolute atomic E-state index is 14.2. The van der Waals surface area contributed by atoms with E-state index in [-0.39, 0.29) is 54.6 Å². The number of fused-ring (bicyclic) bond motifs is 2. The van der Waals surface area contributed by atoms with E-state index in [9.17, 15) is 19.8 Å². The lowest BCUT2D eigenvalue weighted by Gasteiger charge is -2.43. The number of aliphatic hydroxyl groups excluding tert-OH is 1. The number of imidazole rings is 1. The molecule has 6 aromatic rings. The van der Waals surface area contributed by atoms with E-state index in [0.717, 1.165) is 87.1 Å². The Labute approximate surface area is 431 Å². The van der Waals surface area contributed by atoms with Crippen LogP contribution in [-0.2, 0) is 9.59 Å². The molecule has 4 fully saturated rings. The fourth-order valence-corrected chi connectivity index (χ4v) is 11.1. The van der Waals surface area contributed by atoms with Crippen LogP contribution in [0.3, 0.4) is 0 Å². The number of β-amino-alcohol motifs (C(OH)–C–C–N with tert-alkyl or cyclic N) is 1. The summed E-state index contributed by atoms with van der Waals surface area (Å²) in [4.78, 5) is 47.9. The normalized spacial score (nSPS) is 21.0. The van der Waals surface area contributed by atoms with Gasteiger partial charge >= 0.3 is 0 Å². The van der Waals surface area contributed by atoms with Gasteiger partial charge in [0.05, 0.1) is 23.5 Å². The maximum atomic E-state index is 14.2. The average Bonchev–Trinajstić information content (AvgIpc) is 4.20. The van der Waals surface area contributed by atoms with Crippen LogP contribution < -0.4 is 30.3 Å². The number of nitrogen functional groups attached to an aromatic ring is 1. The van der Waals surface area contributed by atoms with Crippen molar-refractivity contribution in [2.45, 2.75) is 83.1 Å². The van der Waals surface area contributed by atoms with Crippen LogP contribution >= 0.6 is 0 Å². The summed E-state index contributed by atoms with van der Waals surface area (Å²) in [6, 6.07) is 22.1. The Morgan fingerprint density at radius 1 is 0.838 bits per heavy atom. The van der Waals surface area contributed by atoms with Crippen LogP contribution in [0.1, 0.15) is 69.1 Å². The third-order valence-electron chi connectivity index (χ3n) is 15.1. The molecule has 0 radical (unpaired) electrons. The van der Waals surface area contributed by atoms with Gasteiger partial charge in [-0.1, -0.05) is 38.1 Å². The standard InChI is InChI=1S/C54H67N13O7/c1-34(2)51(54(71)66-33-42(68)28-46(66)53(70)58-35(3)37-9-11-38(12-10-37)65-18-17-56-36(65)4)48-30-50(61-74-48)73-26-24-63-21-19-62(20-22-63)23-25-72-49-27-39(15-16-57-49)67-40-13-14-41(67)32-64(31-40)45-29-44(59-60-52(45)55)43-7-5-6-8-47(43)69/h5-12,15-18,27,29-30,34-35,40-42,46,51,68-69H,13-14,19-26,28,31-33H2,1-4H3,(H2,55,60)(H,58,70)/t35-,40?,41?,42+,46-,51?/m0/s1. The maximum Gasteiger partial charge on any atom is 0.254 e. The Morgan fingerprint density at radius 2 is 1.54 bits per heavy atom. The van der Waals surface area contributed by atoms with Crippen molar-refractivity contribution in [3.05, 3.63) is 109 Å². The number of benzene rings is 2. The van der Waals surface area contributed by atoms with Gasteiger partial charge in [0.25, 0.3) is 5.88 Å². The minimum absolute atomic E-state index is 0.0480. The first-order chi connectivity index (χ1) is 35.9. The van der Waals surface area contributed by atoms with Gasteiger partial charge < -0.3 is 54.5 Å². The second-order valence-corrected chi connectivity index (χ2v) is 20.3. The summed E-state index contributed by atoms with van der Waals surface area (Å²) in [6.45, 7) is 15.3. The van der Waals surface area contributed by atoms with Gasteiger partial charge in [-0.05, 0) is 79.7 Å². The summed E-state index contributed by atoms with van der Waals surface area (Å²) in [5, 5.41) is 36.9. The Bertz CT molecular complexity index is 2870. The number of anilines is 3. The monoisotopic (exact) mass is 1010 g/mol. The minimum atomic E-state index is -0.836. The second kappa shape index (κ2) is 22.0. The number of aromatic hydroxyl groups is 1. The summed E-state index contributed by atoms with van der Waals surface area (Å²) in [7, 11) is 0. The highest BCUT2D eigenvalue weighted by atomic mass is 16.5. The highest BCUT2D eigenvalue weighted by Gasteiger charge is 2.44. The number of aryl methyl sites for hydroxylation is 1. The number of likely N-dealkylation sites (tertiary alicyclic amines) is 1. The van der Waals surface area contributed by atoms with Crippen molar-refractivity contribution in [3.63, 3.8) is 0 Å². The van der Waals surface area contributed by atoms with Crippen LogP contribution in [0.15, 0.2) is 95.9 Å². The first kappa shape index (κ1) is 50.3. The van der Waals surface area contributed by atoms with E-state index in [1.807, 2.05) is 87.1 Å². The number of ether oxygens (including phenoxy) is 2. The van der Waals surface area contributed by atoms with E-state index < -0.39 is 18.1 Å². The van der Waals surface area contributed by atoms with E-state index >= 15 is 0 Å². The number of rotatable bonds is 18. The number of nitrogens with one attached hydrogen (secondary N) is 1. The Balaban J connectivity index is 0.655. The number of nitrogens with zero attached hydrogens (tertiary/aromatic N) is 11. The molecule has 4 aliphatic heterocycles. The first-order valence-electron chi connectivity index (χ1n) is 25.8. The number of pyridine rings is 1. The van der Waals surface area contributed by atoms with Gasteiger partial charge in [-0.25, -0.2) is 9.97 Å². The van der Waals surface area contributed by atoms with Crippen LogP contribution in [-0.4, -0.2) is 163 Å². The van der Waals surface area contributed by atoms with Gasteiger partial charge in [0.1, 0.15) is 36.7 Å². The van der Waals surface area contributed by atoms with Gasteiger partial charge in [-0.2, -0.15) is 0 Å². The molecule has 390 valence electrons. The molecule has 2 amide bonds. The minimum Gasteiger partial charge on any atom is -0.507 e. The molecule has 0 aliphatic carbocycles. The molecule has 20 heteroatoms. The number of amides is 2. The molecule has 5 N–H and O–H groups in total. The predicted octanol–water partition coefficient (Wildman–Crippen LogP) is 4.82. The highest BCUT2D eigenvalue weighted by molar-refractivity contribution is 5.91. The van der Waals surface area contributed by atoms with Crippen molar-refractivity contribution in [2.24, 2.45) is 5.92 Å². The zero-order chi connectivity index (χ0) is 51.5. The van der Waals surface area contributed by atoms with Crippen LogP contribution in [0.25, 0.3) is 16.9 Å². The van der Waals surface area contributed by atoms with Crippen LogP contribution in [0, 0.1) is 12.8 Å². The number of carbonyl (C=O) groups excluding carboxylic acids is 2. The smallest absolute Gasteiger partial charge is 0.254 e. The molecule has 4 aliphatic rings. The van der Waals surface area contributed by atoms with Gasteiger partial charge in [-0.15, -0.1) is 10.2 Å². The number of hydrogen-bond acceptors (Lipinski definition) is 17. The van der Waals surface area contributed by atoms with Gasteiger partial charge in [0.2, 0.25) is 17.7 Å². The van der Waals surface area contributed by atoms with E-state index in [0.29, 0.717) is 54.4 Å². The van der Waals surface area contributed by atoms with Gasteiger partial charge in [0, 0.05) is 125 Å². The van der Waals surface area contributed by atoms with Crippen molar-refractivity contribution in [1.29, 1.82) is 0 Å². The molecule has 0 saturated carbocycles. The number of hydrogen-bond donors (Lipinski definition) is 4. The molecular weight excluding hydrogens is 943 g/mol. The third-order valence-corrected chi connectivity index (χ3v) is 15.1. The number of nitrogens with two attached hydrogens (primary N) is 1. The molecule has 2 bridgehead atoms. The SMILES string of the molecule is Cc1nccn1-c1ccc([C@H](C)NC(=O)[C@@H]2C[C@@H](O)CN2C(=O)C(c2cc(OCCN3CCN(CCOc4cc(N5C6CCC5CN(c5cc(-c7ccccc7O)nnc5N)C6)ccn4)CC3)no2)C(C)C)cc1. The lowest BCUT2D eigenvalue weighted by molar-refractivity contribution is -0.141. The summed E-state index contributed by atoms with van der Waals surface area (Å²) in [6.07, 6.45) is 6.92. The molecule has 6 atom stereocenters. The quantitative estimate of drug-likeness (QED) is 0.0905. The molecule has 10 rings (SSSR count). The third kappa shape index (κ3) is 11.0. The van der Waals surface area contributed by atoms with Gasteiger partial charge in [-0.3, -0.25) is 19.4 Å². The van der Waals surface area contributed by atoms with Crippen LogP contribution in [0.4, 0.5) is 17.2 Å². The van der Waals surface area contributed by atoms with E-state index in [4.69, 9.17) is 19.7 Å². The van der Waals surface area contributed by atoms with E-state index in [1.54, 1.807) is 24.4 Å². The lowest BCUT2D eigenvalue weighted by Crippen LogP contribution is -2.54. The molecule has 2 aromatic carbocycles. The number of piperazine rings is 2. The van der Waals surface area contributed by atoms with Gasteiger partial charge in [0.15, 0.2) is 11.6 Å². The van der Waals surface area contributed by atoms with Crippen LogP contribution in [0.5, 0.6) is 17.5 Å². The number of para-hydroxylation sites is 1. The average molecular weight is 1010 g/mol. The lowest BCUT2D eigenvalue weighted by atomic mass is 9.91. The van der Waals surface area contributed by atoms with Crippen LogP contribution in [0.2, 0.25) is 0 Å². The number of aliphatic hydroxyl groups is 1. The number of carbonyl (C=O) groups is 2. The topological polar surface area (TPSA) is 230 Å². The second-order valence-electron chi connectivity index (χ2n) is 20.3. The summed E-state index contributed by atoms with van der Waals surface area (Å²) >= 11 is 0. The number of phenols is 1. The molecule has 20 nitrogen and oxygen atoms in total. The molecular formula is C54H67N13O7. The van der Waals surface area contributed by atoms with E-state index in [2.05, 4.69) is 62.4 Å². The number of phenolic OH excluding ortho intramolecular Hbond substituents is 1. The first-order valence-corrected chi connectivity index (χ1v) is 25.8. The zero-order valence-electron chi connectivity index (χ0n) is 42.5. The summed E-state index contributed by atoms with van der Waals surface area (Å²) in [5.41, 5.74) is 11.4. The molecule has 3 unspecified atom stereocenters. The fourth-order valence-electron chi connectivity index (χ4n) is 11.1. The van der Waals surface area contributed by atoms with Crippen molar-refractivity contribution in [1.82, 2.24) is 49.9 Å². The summed E-state index contributed by atoms with van der Waals surface area (Å²) < 4.78 is 20.0. The fraction of sp³-hybridized carbons (Fsp3) is 0.463. The molecule has 8 heterocycles.